The van der Waals surface area contributed by atoms with Crippen molar-refractivity contribution < 1.29 is 8.76 Å². The van der Waals surface area contributed by atoms with Gasteiger partial charge in [-0.3, -0.25) is 0 Å². The number of nitriles is 1. The maximum atomic E-state index is 11.2. The Labute approximate surface area is 86.2 Å². The van der Waals surface area contributed by atoms with Gasteiger partial charge in [0.05, 0.1) is 22.7 Å². The largest absolute Gasteiger partial charge is 0.329 e. The third kappa shape index (κ3) is 1.70. The summed E-state index contributed by atoms with van der Waals surface area (Å²) in [6, 6.07) is 6.74. The van der Waals surface area contributed by atoms with Crippen LogP contribution in [0.2, 0.25) is 0 Å². The molecular weight excluding hydrogens is 214 g/mol. The molecule has 0 amide bonds. The lowest BCUT2D eigenvalue weighted by atomic mass is 10.2. The van der Waals surface area contributed by atoms with Crippen LogP contribution in [-0.4, -0.2) is 24.6 Å². The molecule has 0 bridgehead atoms. The number of H-pyrrole nitrogens is 1. The molecule has 0 radical (unpaired) electrons. The van der Waals surface area contributed by atoms with Crippen LogP contribution in [0.25, 0.3) is 11.0 Å². The zero-order valence-electron chi connectivity index (χ0n) is 7.60. The smallest absolute Gasteiger partial charge is 0.214 e. The number of aromatic nitrogens is 2. The van der Waals surface area contributed by atoms with Gasteiger partial charge in [-0.2, -0.15) is 5.26 Å². The highest BCUT2D eigenvalue weighted by molar-refractivity contribution is 7.94. The van der Waals surface area contributed by atoms with Crippen molar-refractivity contribution in [1.29, 1.82) is 5.26 Å². The van der Waals surface area contributed by atoms with Crippen LogP contribution in [0.1, 0.15) is 5.56 Å². The van der Waals surface area contributed by atoms with E-state index in [2.05, 4.69) is 15.8 Å². The number of hydrogen-bond acceptors (Lipinski definition) is 3. The molecule has 76 valence electrons. The third-order valence-electron chi connectivity index (χ3n) is 1.89. The van der Waals surface area contributed by atoms with Crippen LogP contribution in [0.4, 0.5) is 0 Å². The molecule has 2 rings (SSSR count). The molecule has 0 aliphatic carbocycles. The fourth-order valence-corrected chi connectivity index (χ4v) is 1.72. The van der Waals surface area contributed by atoms with Gasteiger partial charge in [0.15, 0.2) is 0 Å². The highest BCUT2D eigenvalue weighted by atomic mass is 32.2. The van der Waals surface area contributed by atoms with E-state index >= 15 is 0 Å². The lowest BCUT2D eigenvalue weighted by molar-refractivity contribution is 0.553. The van der Waals surface area contributed by atoms with E-state index in [0.29, 0.717) is 16.6 Å². The van der Waals surface area contributed by atoms with E-state index < -0.39 is 9.80 Å². The average Bonchev–Trinajstić information content (AvgIpc) is 2.59. The minimum absolute atomic E-state index is 0.0763. The second-order valence-electron chi connectivity index (χ2n) is 3.03. The van der Waals surface area contributed by atoms with Gasteiger partial charge in [-0.1, -0.05) is 0 Å². The molecule has 1 unspecified atom stereocenters. The summed E-state index contributed by atoms with van der Waals surface area (Å²) in [4.78, 5) is 6.57. The van der Waals surface area contributed by atoms with Gasteiger partial charge in [0.2, 0.25) is 5.16 Å². The summed E-state index contributed by atoms with van der Waals surface area (Å²) in [6.07, 6.45) is 0. The number of nitrogens with zero attached hydrogens (tertiary/aromatic N) is 2. The summed E-state index contributed by atoms with van der Waals surface area (Å²) in [5.41, 5.74) is 1.55. The first-order valence-corrected chi connectivity index (χ1v) is 5.68. The molecule has 2 aromatic rings. The molecular formula is C9H7N3O2S. The van der Waals surface area contributed by atoms with Crippen molar-refractivity contribution in [2.24, 2.45) is 0 Å². The predicted octanol–water partition coefficient (Wildman–Crippen LogP) is 0.983. The Morgan fingerprint density at radius 2 is 2.33 bits per heavy atom. The fraction of sp³-hybridized carbons (Fsp3) is 0. The van der Waals surface area contributed by atoms with Crippen LogP contribution >= 0.6 is 0 Å². The summed E-state index contributed by atoms with van der Waals surface area (Å²) in [5.74, 6) is 3.10. The quantitative estimate of drug-likeness (QED) is 0.702. The molecule has 1 aromatic heterocycles. The standard InChI is InChI=1S/C9H7N3O2S/c1-15(13,14)9-11-7-3-2-6(5-10)4-8(7)12-9/h2-4H,1H2,(H,11,12)(H,13,14). The van der Waals surface area contributed by atoms with Crippen LogP contribution in [0, 0.1) is 11.3 Å². The highest BCUT2D eigenvalue weighted by Gasteiger charge is 2.09. The van der Waals surface area contributed by atoms with Gasteiger partial charge in [0.25, 0.3) is 0 Å². The molecule has 15 heavy (non-hydrogen) atoms. The predicted molar refractivity (Wildman–Crippen MR) is 57.0 cm³/mol. The second kappa shape index (κ2) is 3.08. The first-order valence-electron chi connectivity index (χ1n) is 4.00. The van der Waals surface area contributed by atoms with Gasteiger partial charge in [0.1, 0.15) is 9.80 Å². The van der Waals surface area contributed by atoms with Crippen LogP contribution in [-0.2, 0) is 9.80 Å². The fourth-order valence-electron chi connectivity index (χ4n) is 1.21. The molecule has 2 N–H and O–H groups in total. The van der Waals surface area contributed by atoms with E-state index in [1.165, 1.54) is 0 Å². The van der Waals surface area contributed by atoms with Crippen molar-refractivity contribution in [3.05, 3.63) is 23.8 Å². The minimum atomic E-state index is -3.33. The molecule has 1 heterocycles. The molecule has 6 heteroatoms. The third-order valence-corrected chi connectivity index (χ3v) is 2.69. The average molecular weight is 221 g/mol. The van der Waals surface area contributed by atoms with Gasteiger partial charge < -0.3 is 9.54 Å². The maximum absolute atomic E-state index is 11.2. The summed E-state index contributed by atoms with van der Waals surface area (Å²) in [5, 5.41) is 8.58. The van der Waals surface area contributed by atoms with Gasteiger partial charge in [-0.15, -0.1) is 0 Å². The lowest BCUT2D eigenvalue weighted by Crippen LogP contribution is -1.99. The molecule has 1 atom stereocenters. The van der Waals surface area contributed by atoms with Gasteiger partial charge >= 0.3 is 0 Å². The van der Waals surface area contributed by atoms with E-state index in [4.69, 9.17) is 5.26 Å². The first kappa shape index (κ1) is 9.71. The Morgan fingerprint density at radius 3 is 2.93 bits per heavy atom. The molecule has 0 fully saturated rings. The monoisotopic (exact) mass is 221 g/mol. The number of hydrogen-bond donors (Lipinski definition) is 2. The van der Waals surface area contributed by atoms with E-state index in [-0.39, 0.29) is 5.16 Å². The number of imidazole rings is 1. The topological polar surface area (TPSA) is 89.8 Å². The van der Waals surface area contributed by atoms with Crippen molar-refractivity contribution in [2.75, 3.05) is 0 Å². The van der Waals surface area contributed by atoms with Crippen molar-refractivity contribution in [2.45, 2.75) is 5.16 Å². The summed E-state index contributed by atoms with van der Waals surface area (Å²) < 4.78 is 20.4. The van der Waals surface area contributed by atoms with Crippen molar-refractivity contribution in [3.8, 4) is 6.07 Å². The van der Waals surface area contributed by atoms with Gasteiger partial charge in [-0.25, -0.2) is 9.19 Å². The summed E-state index contributed by atoms with van der Waals surface area (Å²) in [7, 11) is -3.33. The number of benzene rings is 1. The molecule has 0 saturated heterocycles. The minimum Gasteiger partial charge on any atom is -0.329 e. The highest BCUT2D eigenvalue weighted by Crippen LogP contribution is 2.15. The normalized spacial score (nSPS) is 14.7. The Kier molecular flexibility index (Phi) is 2.00. The van der Waals surface area contributed by atoms with Gasteiger partial charge in [-0.05, 0) is 24.1 Å². The Balaban J connectivity index is 2.73. The zero-order chi connectivity index (χ0) is 11.1. The molecule has 0 aliphatic heterocycles. The SMILES string of the molecule is C=S(=O)(O)c1nc2ccc(C#N)cc2[nH]1. The van der Waals surface area contributed by atoms with Crippen molar-refractivity contribution >= 4 is 26.7 Å². The van der Waals surface area contributed by atoms with E-state index in [1.807, 2.05) is 6.07 Å². The number of rotatable bonds is 1. The molecule has 0 saturated carbocycles. The Hall–Kier alpha value is -1.84. The van der Waals surface area contributed by atoms with Crippen molar-refractivity contribution in [3.63, 3.8) is 0 Å². The molecule has 0 aliphatic rings. The summed E-state index contributed by atoms with van der Waals surface area (Å²) >= 11 is 0. The number of aromatic amines is 1. The lowest BCUT2D eigenvalue weighted by Gasteiger charge is -1.92. The first-order chi connectivity index (χ1) is 7.00. The van der Waals surface area contributed by atoms with Crippen LogP contribution in [0.5, 0.6) is 0 Å². The van der Waals surface area contributed by atoms with E-state index in [1.54, 1.807) is 18.2 Å². The Bertz CT molecular complexity index is 664. The van der Waals surface area contributed by atoms with E-state index in [0.717, 1.165) is 0 Å². The number of nitrogens with one attached hydrogen (secondary N) is 1. The maximum Gasteiger partial charge on any atom is 0.214 e. The van der Waals surface area contributed by atoms with Crippen LogP contribution < -0.4 is 0 Å². The Morgan fingerprint density at radius 1 is 1.60 bits per heavy atom. The van der Waals surface area contributed by atoms with Crippen molar-refractivity contribution in [1.82, 2.24) is 9.97 Å². The van der Waals surface area contributed by atoms with Gasteiger partial charge in [0, 0.05) is 0 Å². The second-order valence-corrected chi connectivity index (χ2v) is 4.69. The van der Waals surface area contributed by atoms with Crippen LogP contribution in [0.3, 0.4) is 0 Å². The molecule has 0 spiro atoms. The molecule has 1 aromatic carbocycles. The molecule has 5 nitrogen and oxygen atoms in total. The zero-order valence-corrected chi connectivity index (χ0v) is 8.41. The van der Waals surface area contributed by atoms with Crippen LogP contribution in [0.15, 0.2) is 23.4 Å². The summed E-state index contributed by atoms with van der Waals surface area (Å²) in [6.45, 7) is 0. The van der Waals surface area contributed by atoms with E-state index in [9.17, 15) is 8.76 Å². The number of fused-ring (bicyclic) bond motifs is 1.